The summed E-state index contributed by atoms with van der Waals surface area (Å²) in [7, 11) is 0. The lowest BCUT2D eigenvalue weighted by Crippen LogP contribution is -2.43. The summed E-state index contributed by atoms with van der Waals surface area (Å²) in [5.41, 5.74) is 3.35. The fourth-order valence-electron chi connectivity index (χ4n) is 3.04. The molecule has 9 nitrogen and oxygen atoms in total. The van der Waals surface area contributed by atoms with Crippen LogP contribution in [0.25, 0.3) is 0 Å². The van der Waals surface area contributed by atoms with Gasteiger partial charge in [-0.3, -0.25) is 29.6 Å². The molecule has 3 amide bonds. The molecule has 0 aliphatic carbocycles. The number of carbonyl (C=O) groups is 4. The molecule has 1 atom stereocenters. The smallest absolute Gasteiger partial charge is 0.311 e. The molecule has 0 aromatic heterocycles. The lowest BCUT2D eigenvalue weighted by atomic mass is 10.1. The summed E-state index contributed by atoms with van der Waals surface area (Å²) in [5.74, 6) is -2.32. The van der Waals surface area contributed by atoms with E-state index in [-0.39, 0.29) is 13.0 Å². The Morgan fingerprint density at radius 2 is 1.77 bits per heavy atom. The van der Waals surface area contributed by atoms with E-state index in [1.165, 1.54) is 0 Å². The van der Waals surface area contributed by atoms with Gasteiger partial charge in [0.25, 0.3) is 11.8 Å². The van der Waals surface area contributed by atoms with E-state index in [9.17, 15) is 19.2 Å². The van der Waals surface area contributed by atoms with Gasteiger partial charge in [-0.05, 0) is 31.2 Å². The lowest BCUT2D eigenvalue weighted by molar-refractivity contribution is -0.151. The number of carbonyl (C=O) groups excluding carboxylic acids is 4. The van der Waals surface area contributed by atoms with E-state index in [1.54, 1.807) is 54.6 Å². The largest absolute Gasteiger partial charge is 0.492 e. The summed E-state index contributed by atoms with van der Waals surface area (Å²) in [6.45, 7) is 1.75. The molecule has 162 valence electrons. The predicted octanol–water partition coefficient (Wildman–Crippen LogP) is 1.76. The first-order valence-corrected chi connectivity index (χ1v) is 9.82. The molecule has 3 rings (SSSR count). The van der Waals surface area contributed by atoms with Crippen molar-refractivity contribution in [1.82, 2.24) is 10.4 Å². The molecule has 1 saturated heterocycles. The number of anilines is 1. The highest BCUT2D eigenvalue weighted by Crippen LogP contribution is 2.23. The third kappa shape index (κ3) is 5.81. The van der Waals surface area contributed by atoms with Crippen LogP contribution in [0.4, 0.5) is 5.69 Å². The van der Waals surface area contributed by atoms with Crippen LogP contribution in [0.3, 0.4) is 0 Å². The van der Waals surface area contributed by atoms with Crippen molar-refractivity contribution in [3.63, 3.8) is 0 Å². The molecule has 0 saturated carbocycles. The van der Waals surface area contributed by atoms with Crippen LogP contribution in [0.15, 0.2) is 54.6 Å². The molecule has 1 aliphatic heterocycles. The summed E-state index contributed by atoms with van der Waals surface area (Å²) in [6.07, 6.45) is -0.108. The molecule has 0 radical (unpaired) electrons. The van der Waals surface area contributed by atoms with Gasteiger partial charge in [0, 0.05) is 12.0 Å². The van der Waals surface area contributed by atoms with Crippen molar-refractivity contribution in [1.29, 1.82) is 0 Å². The van der Waals surface area contributed by atoms with Crippen molar-refractivity contribution in [3.05, 3.63) is 60.2 Å². The Labute approximate surface area is 179 Å². The fourth-order valence-corrected chi connectivity index (χ4v) is 3.04. The number of para-hydroxylation sites is 2. The number of hydrogen-bond donors (Lipinski definition) is 2. The fraction of sp³-hybridized carbons (Fsp3) is 0.273. The third-order valence-electron chi connectivity index (χ3n) is 4.54. The van der Waals surface area contributed by atoms with E-state index < -0.39 is 36.2 Å². The Kier molecular flexibility index (Phi) is 7.21. The minimum absolute atomic E-state index is 0.0228. The molecule has 2 aromatic rings. The van der Waals surface area contributed by atoms with Crippen molar-refractivity contribution < 1.29 is 28.7 Å². The Morgan fingerprint density at radius 3 is 2.52 bits per heavy atom. The minimum atomic E-state index is -0.771. The number of rotatable bonds is 8. The topological polar surface area (TPSA) is 114 Å². The number of benzene rings is 2. The van der Waals surface area contributed by atoms with Crippen molar-refractivity contribution in [2.75, 3.05) is 25.1 Å². The first kappa shape index (κ1) is 21.8. The molecule has 2 aromatic carbocycles. The molecule has 2 N–H and O–H groups in total. The standard InChI is InChI=1S/C22H23N3O6/c1-2-30-18-11-7-6-10-17(18)23-19(26)14-31-22(29)16-12-20(27)25(13-16)24-21(28)15-8-4-3-5-9-15/h3-11,16H,2,12-14H2,1H3,(H,23,26)(H,24,28)/t16-/m0/s1. The molecular weight excluding hydrogens is 402 g/mol. The molecule has 0 spiro atoms. The summed E-state index contributed by atoms with van der Waals surface area (Å²) < 4.78 is 10.5. The minimum Gasteiger partial charge on any atom is -0.492 e. The molecule has 31 heavy (non-hydrogen) atoms. The van der Waals surface area contributed by atoms with Crippen LogP contribution in [0.5, 0.6) is 5.75 Å². The predicted molar refractivity (Wildman–Crippen MR) is 111 cm³/mol. The van der Waals surface area contributed by atoms with Gasteiger partial charge in [-0.25, -0.2) is 0 Å². The van der Waals surface area contributed by atoms with Crippen LogP contribution in [0.2, 0.25) is 0 Å². The van der Waals surface area contributed by atoms with E-state index in [2.05, 4.69) is 10.7 Å². The van der Waals surface area contributed by atoms with Crippen molar-refractivity contribution in [2.45, 2.75) is 13.3 Å². The van der Waals surface area contributed by atoms with Crippen molar-refractivity contribution >= 4 is 29.4 Å². The van der Waals surface area contributed by atoms with E-state index in [0.29, 0.717) is 23.6 Å². The Morgan fingerprint density at radius 1 is 1.06 bits per heavy atom. The van der Waals surface area contributed by atoms with Crippen molar-refractivity contribution in [3.8, 4) is 5.75 Å². The monoisotopic (exact) mass is 425 g/mol. The van der Waals surface area contributed by atoms with Gasteiger partial charge in [0.05, 0.1) is 24.8 Å². The van der Waals surface area contributed by atoms with E-state index in [1.807, 2.05) is 6.92 Å². The quantitative estimate of drug-likeness (QED) is 0.623. The van der Waals surface area contributed by atoms with Gasteiger partial charge < -0.3 is 14.8 Å². The number of hydrogen-bond acceptors (Lipinski definition) is 6. The summed E-state index contributed by atoms with van der Waals surface area (Å²) in [5, 5.41) is 3.72. The molecule has 1 fully saturated rings. The maximum absolute atomic E-state index is 12.3. The van der Waals surface area contributed by atoms with E-state index in [4.69, 9.17) is 9.47 Å². The normalized spacial score (nSPS) is 15.3. The van der Waals surface area contributed by atoms with Gasteiger partial charge in [0.1, 0.15) is 5.75 Å². The molecule has 0 unspecified atom stereocenters. The number of amides is 3. The first-order chi connectivity index (χ1) is 15.0. The molecule has 9 heteroatoms. The lowest BCUT2D eigenvalue weighted by Gasteiger charge is -2.17. The maximum Gasteiger partial charge on any atom is 0.311 e. The van der Waals surface area contributed by atoms with Crippen molar-refractivity contribution in [2.24, 2.45) is 5.92 Å². The van der Waals surface area contributed by atoms with Gasteiger partial charge in [0.2, 0.25) is 5.91 Å². The number of esters is 1. The average Bonchev–Trinajstić information content (AvgIpc) is 3.14. The Hall–Kier alpha value is -3.88. The van der Waals surface area contributed by atoms with Gasteiger partial charge >= 0.3 is 5.97 Å². The zero-order valence-corrected chi connectivity index (χ0v) is 17.0. The zero-order valence-electron chi connectivity index (χ0n) is 17.0. The second-order valence-corrected chi connectivity index (χ2v) is 6.80. The number of nitrogens with zero attached hydrogens (tertiary/aromatic N) is 1. The second-order valence-electron chi connectivity index (χ2n) is 6.80. The average molecular weight is 425 g/mol. The Balaban J connectivity index is 1.48. The van der Waals surface area contributed by atoms with Gasteiger partial charge in [-0.2, -0.15) is 0 Å². The molecule has 0 bridgehead atoms. The summed E-state index contributed by atoms with van der Waals surface area (Å²) in [6, 6.07) is 15.3. The number of nitrogens with one attached hydrogen (secondary N) is 2. The highest BCUT2D eigenvalue weighted by molar-refractivity contribution is 5.97. The van der Waals surface area contributed by atoms with Gasteiger partial charge in [-0.1, -0.05) is 30.3 Å². The van der Waals surface area contributed by atoms with Crippen LogP contribution >= 0.6 is 0 Å². The van der Waals surface area contributed by atoms with E-state index >= 15 is 0 Å². The van der Waals surface area contributed by atoms with Crippen LogP contribution in [0.1, 0.15) is 23.7 Å². The van der Waals surface area contributed by atoms with Gasteiger partial charge in [-0.15, -0.1) is 0 Å². The highest BCUT2D eigenvalue weighted by atomic mass is 16.5. The summed E-state index contributed by atoms with van der Waals surface area (Å²) in [4.78, 5) is 48.8. The van der Waals surface area contributed by atoms with Crippen LogP contribution < -0.4 is 15.5 Å². The second kappa shape index (κ2) is 10.2. The SMILES string of the molecule is CCOc1ccccc1NC(=O)COC(=O)[C@H]1CC(=O)N(NC(=O)c2ccccc2)C1. The zero-order chi connectivity index (χ0) is 22.2. The third-order valence-corrected chi connectivity index (χ3v) is 4.54. The highest BCUT2D eigenvalue weighted by Gasteiger charge is 2.36. The molecular formula is C22H23N3O6. The van der Waals surface area contributed by atoms with Gasteiger partial charge in [0.15, 0.2) is 6.61 Å². The maximum atomic E-state index is 12.3. The number of hydrazine groups is 1. The molecule has 1 heterocycles. The van der Waals surface area contributed by atoms with E-state index in [0.717, 1.165) is 5.01 Å². The van der Waals surface area contributed by atoms with Crippen LogP contribution in [-0.4, -0.2) is 48.5 Å². The first-order valence-electron chi connectivity index (χ1n) is 9.82. The Bertz CT molecular complexity index is 963. The van der Waals surface area contributed by atoms with Crippen LogP contribution in [0, 0.1) is 5.92 Å². The summed E-state index contributed by atoms with van der Waals surface area (Å²) >= 11 is 0. The van der Waals surface area contributed by atoms with Crippen LogP contribution in [-0.2, 0) is 19.1 Å². The molecule has 1 aliphatic rings. The number of ether oxygens (including phenoxy) is 2.